The molecular weight excluding hydrogens is 276 g/mol. The molecular formula is C10H7BrN2OS. The normalized spacial score (nSPS) is 10.2. The zero-order valence-electron chi connectivity index (χ0n) is 7.61. The van der Waals surface area contributed by atoms with Crippen LogP contribution in [0.15, 0.2) is 34.1 Å². The van der Waals surface area contributed by atoms with Crippen LogP contribution in [-0.2, 0) is 0 Å². The van der Waals surface area contributed by atoms with Crippen LogP contribution in [0.4, 0.5) is 0 Å². The van der Waals surface area contributed by atoms with E-state index in [9.17, 15) is 4.79 Å². The van der Waals surface area contributed by atoms with Gasteiger partial charge in [0, 0.05) is 15.4 Å². The molecule has 0 aliphatic rings. The third kappa shape index (κ3) is 2.08. The fourth-order valence-corrected chi connectivity index (χ4v) is 2.60. The Balaban J connectivity index is 2.46. The van der Waals surface area contributed by atoms with E-state index in [1.807, 2.05) is 24.3 Å². The highest BCUT2D eigenvalue weighted by Gasteiger charge is 2.10. The number of primary amides is 1. The monoisotopic (exact) mass is 282 g/mol. The zero-order chi connectivity index (χ0) is 10.8. The molecule has 1 aromatic carbocycles. The Labute approximate surface area is 99.1 Å². The lowest BCUT2D eigenvalue weighted by Crippen LogP contribution is -2.10. The van der Waals surface area contributed by atoms with Gasteiger partial charge in [-0.25, -0.2) is 4.98 Å². The lowest BCUT2D eigenvalue weighted by molar-refractivity contribution is 0.0996. The minimum absolute atomic E-state index is 0.311. The number of hydrogen-bond acceptors (Lipinski definition) is 3. The summed E-state index contributed by atoms with van der Waals surface area (Å²) in [7, 11) is 0. The average Bonchev–Trinajstić information content (AvgIpc) is 2.67. The maximum atomic E-state index is 10.9. The maximum absolute atomic E-state index is 10.9. The Bertz CT molecular complexity index is 510. The number of nitrogens with zero attached hydrogens (tertiary/aromatic N) is 1. The summed E-state index contributed by atoms with van der Waals surface area (Å²) in [6, 6.07) is 7.72. The Morgan fingerprint density at radius 1 is 1.40 bits per heavy atom. The molecule has 1 amide bonds. The van der Waals surface area contributed by atoms with Crippen LogP contribution in [0, 0.1) is 0 Å². The van der Waals surface area contributed by atoms with Gasteiger partial charge in [-0.05, 0) is 6.07 Å². The SMILES string of the molecule is NC(=O)c1csc(-c2ccccc2Br)n1. The van der Waals surface area contributed by atoms with Gasteiger partial charge >= 0.3 is 0 Å². The van der Waals surface area contributed by atoms with Crippen molar-refractivity contribution in [3.63, 3.8) is 0 Å². The van der Waals surface area contributed by atoms with E-state index in [2.05, 4.69) is 20.9 Å². The van der Waals surface area contributed by atoms with E-state index in [0.717, 1.165) is 15.0 Å². The summed E-state index contributed by atoms with van der Waals surface area (Å²) in [5, 5.41) is 2.45. The van der Waals surface area contributed by atoms with Crippen molar-refractivity contribution in [1.82, 2.24) is 4.98 Å². The fourth-order valence-electron chi connectivity index (χ4n) is 1.15. The third-order valence-corrected chi connectivity index (χ3v) is 3.43. The van der Waals surface area contributed by atoms with Crippen molar-refractivity contribution < 1.29 is 4.79 Å². The molecule has 0 spiro atoms. The van der Waals surface area contributed by atoms with Crippen LogP contribution in [0.3, 0.4) is 0 Å². The first-order valence-electron chi connectivity index (χ1n) is 4.18. The Hall–Kier alpha value is -1.20. The third-order valence-electron chi connectivity index (χ3n) is 1.86. The van der Waals surface area contributed by atoms with Gasteiger partial charge in [-0.3, -0.25) is 4.79 Å². The van der Waals surface area contributed by atoms with Crippen LogP contribution < -0.4 is 5.73 Å². The van der Waals surface area contributed by atoms with Gasteiger partial charge in [-0.2, -0.15) is 0 Å². The van der Waals surface area contributed by atoms with Crippen molar-refractivity contribution in [2.24, 2.45) is 5.73 Å². The van der Waals surface area contributed by atoms with E-state index in [0.29, 0.717) is 5.69 Å². The summed E-state index contributed by atoms with van der Waals surface area (Å²) in [6.07, 6.45) is 0. The quantitative estimate of drug-likeness (QED) is 0.921. The number of aromatic nitrogens is 1. The molecule has 0 unspecified atom stereocenters. The Kier molecular flexibility index (Phi) is 2.83. The minimum atomic E-state index is -0.496. The highest BCUT2D eigenvalue weighted by molar-refractivity contribution is 9.10. The number of benzene rings is 1. The molecule has 0 saturated carbocycles. The number of thiazole rings is 1. The predicted octanol–water partition coefficient (Wildman–Crippen LogP) is 2.67. The standard InChI is InChI=1S/C10H7BrN2OS/c11-7-4-2-1-3-6(7)10-13-8(5-15-10)9(12)14/h1-5H,(H2,12,14). The van der Waals surface area contributed by atoms with E-state index in [1.165, 1.54) is 11.3 Å². The minimum Gasteiger partial charge on any atom is -0.364 e. The summed E-state index contributed by atoms with van der Waals surface area (Å²) in [5.41, 5.74) is 6.42. The van der Waals surface area contributed by atoms with Crippen molar-refractivity contribution in [1.29, 1.82) is 0 Å². The number of nitrogens with two attached hydrogens (primary N) is 1. The first-order chi connectivity index (χ1) is 7.18. The van der Waals surface area contributed by atoms with Crippen LogP contribution >= 0.6 is 27.3 Å². The van der Waals surface area contributed by atoms with E-state index in [1.54, 1.807) is 5.38 Å². The fraction of sp³-hybridized carbons (Fsp3) is 0. The van der Waals surface area contributed by atoms with Gasteiger partial charge in [0.25, 0.3) is 5.91 Å². The molecule has 0 saturated heterocycles. The molecule has 0 fully saturated rings. The van der Waals surface area contributed by atoms with Crippen LogP contribution in [0.1, 0.15) is 10.5 Å². The summed E-state index contributed by atoms with van der Waals surface area (Å²) in [4.78, 5) is 15.0. The van der Waals surface area contributed by atoms with E-state index < -0.39 is 5.91 Å². The summed E-state index contributed by atoms with van der Waals surface area (Å²) >= 11 is 4.83. The predicted molar refractivity (Wildman–Crippen MR) is 63.8 cm³/mol. The van der Waals surface area contributed by atoms with Crippen molar-refractivity contribution in [3.05, 3.63) is 39.8 Å². The van der Waals surface area contributed by atoms with Crippen LogP contribution in [0.5, 0.6) is 0 Å². The van der Waals surface area contributed by atoms with Crippen LogP contribution in [-0.4, -0.2) is 10.9 Å². The number of hydrogen-bond donors (Lipinski definition) is 1. The van der Waals surface area contributed by atoms with E-state index >= 15 is 0 Å². The Morgan fingerprint density at radius 3 is 2.73 bits per heavy atom. The van der Waals surface area contributed by atoms with E-state index in [4.69, 9.17) is 5.73 Å². The van der Waals surface area contributed by atoms with Gasteiger partial charge < -0.3 is 5.73 Å². The number of carbonyl (C=O) groups is 1. The van der Waals surface area contributed by atoms with Crippen LogP contribution in [0.2, 0.25) is 0 Å². The molecule has 0 aliphatic heterocycles. The lowest BCUT2D eigenvalue weighted by atomic mass is 10.2. The molecule has 0 bridgehead atoms. The molecule has 15 heavy (non-hydrogen) atoms. The first kappa shape index (κ1) is 10.3. The van der Waals surface area contributed by atoms with Crippen molar-refractivity contribution in [3.8, 4) is 10.6 Å². The number of halogens is 1. The highest BCUT2D eigenvalue weighted by Crippen LogP contribution is 2.30. The van der Waals surface area contributed by atoms with Gasteiger partial charge in [0.05, 0.1) is 0 Å². The smallest absolute Gasteiger partial charge is 0.268 e. The summed E-state index contributed by atoms with van der Waals surface area (Å²) < 4.78 is 0.954. The molecule has 1 aromatic heterocycles. The topological polar surface area (TPSA) is 56.0 Å². The number of amides is 1. The molecule has 3 nitrogen and oxygen atoms in total. The first-order valence-corrected chi connectivity index (χ1v) is 5.86. The second-order valence-electron chi connectivity index (χ2n) is 2.88. The van der Waals surface area contributed by atoms with E-state index in [-0.39, 0.29) is 0 Å². The molecule has 2 aromatic rings. The van der Waals surface area contributed by atoms with Gasteiger partial charge in [-0.15, -0.1) is 11.3 Å². The second kappa shape index (κ2) is 4.12. The molecule has 5 heteroatoms. The lowest BCUT2D eigenvalue weighted by Gasteiger charge is -1.98. The number of rotatable bonds is 2. The summed E-state index contributed by atoms with van der Waals surface area (Å²) in [6.45, 7) is 0. The van der Waals surface area contributed by atoms with Crippen molar-refractivity contribution >= 4 is 33.2 Å². The average molecular weight is 283 g/mol. The molecule has 2 N–H and O–H groups in total. The van der Waals surface area contributed by atoms with Crippen molar-refractivity contribution in [2.45, 2.75) is 0 Å². The van der Waals surface area contributed by atoms with Gasteiger partial charge in [-0.1, -0.05) is 34.1 Å². The summed E-state index contributed by atoms with van der Waals surface area (Å²) in [5.74, 6) is -0.496. The maximum Gasteiger partial charge on any atom is 0.268 e. The van der Waals surface area contributed by atoms with Gasteiger partial charge in [0.15, 0.2) is 0 Å². The van der Waals surface area contributed by atoms with Crippen molar-refractivity contribution in [2.75, 3.05) is 0 Å². The van der Waals surface area contributed by atoms with Crippen LogP contribution in [0.25, 0.3) is 10.6 Å². The van der Waals surface area contributed by atoms with Gasteiger partial charge in [0.1, 0.15) is 10.7 Å². The molecule has 1 heterocycles. The molecule has 76 valence electrons. The zero-order valence-corrected chi connectivity index (χ0v) is 10.0. The molecule has 0 aliphatic carbocycles. The molecule has 0 radical (unpaired) electrons. The molecule has 2 rings (SSSR count). The second-order valence-corrected chi connectivity index (χ2v) is 4.59. The molecule has 0 atom stereocenters. The number of carbonyl (C=O) groups excluding carboxylic acids is 1. The highest BCUT2D eigenvalue weighted by atomic mass is 79.9. The Morgan fingerprint density at radius 2 is 2.13 bits per heavy atom. The largest absolute Gasteiger partial charge is 0.364 e. The van der Waals surface area contributed by atoms with Gasteiger partial charge in [0.2, 0.25) is 0 Å².